The smallest absolute Gasteiger partial charge is 0.147 e. The Kier molecular flexibility index (Phi) is 4.44. The van der Waals surface area contributed by atoms with Crippen molar-refractivity contribution in [2.75, 3.05) is 19.3 Å². The Morgan fingerprint density at radius 2 is 2.36 bits per heavy atom. The third-order valence-electron chi connectivity index (χ3n) is 1.46. The monoisotopic (exact) mass is 193 g/mol. The average molecular weight is 193 g/mol. The SMILES string of the molecule is CONCONc1cccc(C#N)c1. The Labute approximate surface area is 82.2 Å². The van der Waals surface area contributed by atoms with E-state index in [9.17, 15) is 0 Å². The molecule has 0 fully saturated rings. The molecule has 0 spiro atoms. The minimum atomic E-state index is 0.216. The van der Waals surface area contributed by atoms with Crippen LogP contribution in [0.1, 0.15) is 5.56 Å². The number of hydrogen-bond donors (Lipinski definition) is 2. The molecule has 0 aliphatic carbocycles. The lowest BCUT2D eigenvalue weighted by Crippen LogP contribution is -2.18. The predicted octanol–water partition coefficient (Wildman–Crippen LogP) is 1.01. The minimum absolute atomic E-state index is 0.216. The van der Waals surface area contributed by atoms with Crippen molar-refractivity contribution in [2.45, 2.75) is 0 Å². The first-order valence-corrected chi connectivity index (χ1v) is 4.00. The van der Waals surface area contributed by atoms with Crippen LogP contribution in [0.2, 0.25) is 0 Å². The fraction of sp³-hybridized carbons (Fsp3) is 0.222. The van der Waals surface area contributed by atoms with Gasteiger partial charge in [0.05, 0.1) is 24.4 Å². The van der Waals surface area contributed by atoms with Crippen molar-refractivity contribution in [2.24, 2.45) is 0 Å². The first-order chi connectivity index (χ1) is 6.86. The highest BCUT2D eigenvalue weighted by atomic mass is 16.7. The zero-order valence-corrected chi connectivity index (χ0v) is 7.78. The number of rotatable bonds is 5. The van der Waals surface area contributed by atoms with Crippen molar-refractivity contribution in [1.29, 1.82) is 5.26 Å². The average Bonchev–Trinajstić information content (AvgIpc) is 2.25. The number of nitriles is 1. The van der Waals surface area contributed by atoms with E-state index in [1.807, 2.05) is 6.07 Å². The molecule has 1 aromatic rings. The van der Waals surface area contributed by atoms with Gasteiger partial charge in [-0.05, 0) is 18.2 Å². The summed E-state index contributed by atoms with van der Waals surface area (Å²) in [6, 6.07) is 9.01. The zero-order valence-electron chi connectivity index (χ0n) is 7.78. The molecule has 0 saturated carbocycles. The van der Waals surface area contributed by atoms with Crippen LogP contribution in [0.15, 0.2) is 24.3 Å². The number of hydrogen-bond acceptors (Lipinski definition) is 5. The quantitative estimate of drug-likeness (QED) is 0.415. The maximum atomic E-state index is 8.62. The molecule has 0 aliphatic heterocycles. The van der Waals surface area contributed by atoms with E-state index >= 15 is 0 Å². The molecule has 0 atom stereocenters. The molecule has 5 nitrogen and oxygen atoms in total. The standard InChI is InChI=1S/C9H11N3O2/c1-13-11-7-14-12-9-4-2-3-8(5-9)6-10/h2-5,11-12H,7H2,1H3. The largest absolute Gasteiger partial charge is 0.303 e. The van der Waals surface area contributed by atoms with Gasteiger partial charge in [-0.25, -0.2) is 0 Å². The summed E-state index contributed by atoms with van der Waals surface area (Å²) in [5.74, 6) is 0. The first-order valence-electron chi connectivity index (χ1n) is 4.00. The highest BCUT2D eigenvalue weighted by Crippen LogP contribution is 2.08. The molecule has 0 saturated heterocycles. The molecular weight excluding hydrogens is 182 g/mol. The molecule has 14 heavy (non-hydrogen) atoms. The van der Waals surface area contributed by atoms with Crippen molar-refractivity contribution in [3.8, 4) is 6.07 Å². The van der Waals surface area contributed by atoms with E-state index in [2.05, 4.69) is 15.8 Å². The second-order valence-electron chi connectivity index (χ2n) is 2.43. The molecule has 5 heteroatoms. The maximum absolute atomic E-state index is 8.62. The summed E-state index contributed by atoms with van der Waals surface area (Å²) < 4.78 is 0. The van der Waals surface area contributed by atoms with E-state index in [1.165, 1.54) is 7.11 Å². The van der Waals surface area contributed by atoms with Crippen LogP contribution in [0.5, 0.6) is 0 Å². The summed E-state index contributed by atoms with van der Waals surface area (Å²) in [4.78, 5) is 9.52. The Morgan fingerprint density at radius 3 is 3.07 bits per heavy atom. The molecule has 1 rings (SSSR count). The van der Waals surface area contributed by atoms with Crippen LogP contribution < -0.4 is 11.0 Å². The maximum Gasteiger partial charge on any atom is 0.147 e. The van der Waals surface area contributed by atoms with Crippen LogP contribution in [-0.4, -0.2) is 13.8 Å². The van der Waals surface area contributed by atoms with Gasteiger partial charge in [0, 0.05) is 0 Å². The normalized spacial score (nSPS) is 9.43. The van der Waals surface area contributed by atoms with E-state index in [4.69, 9.17) is 10.1 Å². The Balaban J connectivity index is 2.39. The summed E-state index contributed by atoms with van der Waals surface area (Å²) in [5.41, 5.74) is 6.46. The molecule has 0 amide bonds. The van der Waals surface area contributed by atoms with Crippen LogP contribution in [0.25, 0.3) is 0 Å². The van der Waals surface area contributed by atoms with Crippen molar-refractivity contribution >= 4 is 5.69 Å². The Bertz CT molecular complexity index is 322. The van der Waals surface area contributed by atoms with E-state index in [1.54, 1.807) is 24.3 Å². The Morgan fingerprint density at radius 1 is 1.50 bits per heavy atom. The van der Waals surface area contributed by atoms with Crippen molar-refractivity contribution < 1.29 is 9.68 Å². The van der Waals surface area contributed by atoms with Crippen LogP contribution in [0, 0.1) is 11.3 Å². The second-order valence-corrected chi connectivity index (χ2v) is 2.43. The van der Waals surface area contributed by atoms with Gasteiger partial charge >= 0.3 is 0 Å². The minimum Gasteiger partial charge on any atom is -0.303 e. The van der Waals surface area contributed by atoms with Gasteiger partial charge in [-0.2, -0.15) is 10.7 Å². The van der Waals surface area contributed by atoms with Crippen LogP contribution in [0.4, 0.5) is 5.69 Å². The molecule has 0 bridgehead atoms. The second kappa shape index (κ2) is 5.94. The van der Waals surface area contributed by atoms with E-state index < -0.39 is 0 Å². The number of anilines is 1. The van der Waals surface area contributed by atoms with Crippen molar-refractivity contribution in [3.63, 3.8) is 0 Å². The van der Waals surface area contributed by atoms with Gasteiger partial charge in [-0.15, -0.1) is 0 Å². The van der Waals surface area contributed by atoms with Crippen molar-refractivity contribution in [3.05, 3.63) is 29.8 Å². The third-order valence-corrected chi connectivity index (χ3v) is 1.46. The first kappa shape index (κ1) is 10.5. The van der Waals surface area contributed by atoms with E-state index in [0.717, 1.165) is 5.69 Å². The lowest BCUT2D eigenvalue weighted by molar-refractivity contribution is 0.0111. The summed E-state index contributed by atoms with van der Waals surface area (Å²) >= 11 is 0. The molecule has 0 unspecified atom stereocenters. The lowest BCUT2D eigenvalue weighted by atomic mass is 10.2. The number of benzene rings is 1. The van der Waals surface area contributed by atoms with Gasteiger partial charge in [-0.1, -0.05) is 6.07 Å². The number of hydroxylamine groups is 1. The molecule has 0 heterocycles. The van der Waals surface area contributed by atoms with Crippen LogP contribution in [-0.2, 0) is 9.68 Å². The van der Waals surface area contributed by atoms with Gasteiger partial charge in [-0.3, -0.25) is 10.3 Å². The molecule has 2 N–H and O–H groups in total. The molecule has 0 aromatic heterocycles. The lowest BCUT2D eigenvalue weighted by Gasteiger charge is -2.06. The predicted molar refractivity (Wildman–Crippen MR) is 50.9 cm³/mol. The number of nitrogens with zero attached hydrogens (tertiary/aromatic N) is 1. The van der Waals surface area contributed by atoms with Gasteiger partial charge in [0.1, 0.15) is 6.73 Å². The van der Waals surface area contributed by atoms with E-state index in [0.29, 0.717) is 5.56 Å². The zero-order chi connectivity index (χ0) is 10.2. The van der Waals surface area contributed by atoms with Crippen molar-refractivity contribution in [1.82, 2.24) is 5.48 Å². The van der Waals surface area contributed by atoms with Gasteiger partial charge in [0.15, 0.2) is 0 Å². The van der Waals surface area contributed by atoms with Gasteiger partial charge in [0.2, 0.25) is 0 Å². The number of nitrogens with one attached hydrogen (secondary N) is 2. The van der Waals surface area contributed by atoms with Crippen LogP contribution in [0.3, 0.4) is 0 Å². The van der Waals surface area contributed by atoms with E-state index in [-0.39, 0.29) is 6.73 Å². The van der Waals surface area contributed by atoms with Crippen LogP contribution >= 0.6 is 0 Å². The van der Waals surface area contributed by atoms with Gasteiger partial charge in [0.25, 0.3) is 0 Å². The third kappa shape index (κ3) is 3.41. The highest BCUT2D eigenvalue weighted by molar-refractivity contribution is 5.47. The molecule has 0 aliphatic rings. The molecule has 74 valence electrons. The molecule has 1 aromatic carbocycles. The Hall–Kier alpha value is -1.61. The fourth-order valence-corrected chi connectivity index (χ4v) is 0.860. The highest BCUT2D eigenvalue weighted by Gasteiger charge is 1.93. The summed E-state index contributed by atoms with van der Waals surface area (Å²) in [5, 5.41) is 8.62. The molecular formula is C9H11N3O2. The molecule has 0 radical (unpaired) electrons. The topological polar surface area (TPSA) is 66.3 Å². The summed E-state index contributed by atoms with van der Waals surface area (Å²) in [6.07, 6.45) is 0. The fourth-order valence-electron chi connectivity index (χ4n) is 0.860. The summed E-state index contributed by atoms with van der Waals surface area (Å²) in [6.45, 7) is 0.216. The summed E-state index contributed by atoms with van der Waals surface area (Å²) in [7, 11) is 1.50. The van der Waals surface area contributed by atoms with Gasteiger partial charge < -0.3 is 4.84 Å².